The van der Waals surface area contributed by atoms with Crippen molar-refractivity contribution < 1.29 is 23.2 Å². The zero-order chi connectivity index (χ0) is 23.5. The van der Waals surface area contributed by atoms with Crippen LogP contribution in [0.4, 0.5) is 0 Å². The first-order chi connectivity index (χ1) is 16.6. The molecule has 5 rings (SSSR count). The van der Waals surface area contributed by atoms with Gasteiger partial charge in [0.05, 0.1) is 18.4 Å². The molecule has 0 spiro atoms. The molecule has 0 saturated heterocycles. The summed E-state index contributed by atoms with van der Waals surface area (Å²) in [6, 6.07) is 18.2. The van der Waals surface area contributed by atoms with Crippen LogP contribution >= 0.6 is 0 Å². The van der Waals surface area contributed by atoms with E-state index in [0.717, 1.165) is 17.5 Å². The molecule has 0 bridgehead atoms. The second-order valence-corrected chi connectivity index (χ2v) is 8.09. The Morgan fingerprint density at radius 1 is 1.09 bits per heavy atom. The van der Waals surface area contributed by atoms with Gasteiger partial charge >= 0.3 is 5.97 Å². The van der Waals surface area contributed by atoms with Crippen molar-refractivity contribution in [2.75, 3.05) is 6.54 Å². The minimum Gasteiger partial charge on any atom is -0.459 e. The van der Waals surface area contributed by atoms with Crippen molar-refractivity contribution in [3.8, 4) is 11.7 Å². The molecule has 3 heterocycles. The standard InChI is InChI=1S/C26H23N3O5/c1-2-12-29(16-23-27-28-24(34-23)21-9-6-13-32-21)25(30)18-10-11-20-19(14-18)15-22(33-26(20)31)17-7-4-3-5-8-17/h3-11,13-14,22H,2,12,15-16H2,1H3. The highest BCUT2D eigenvalue weighted by atomic mass is 16.5. The lowest BCUT2D eigenvalue weighted by Crippen LogP contribution is -2.32. The van der Waals surface area contributed by atoms with Crippen molar-refractivity contribution in [2.45, 2.75) is 32.4 Å². The minimum atomic E-state index is -0.379. The van der Waals surface area contributed by atoms with Gasteiger partial charge in [-0.25, -0.2) is 4.79 Å². The smallest absolute Gasteiger partial charge is 0.339 e. The molecule has 0 N–H and O–H groups in total. The van der Waals surface area contributed by atoms with Gasteiger partial charge in [0.15, 0.2) is 5.76 Å². The predicted octanol–water partition coefficient (Wildman–Crippen LogP) is 4.84. The van der Waals surface area contributed by atoms with Crippen molar-refractivity contribution in [1.82, 2.24) is 15.1 Å². The number of nitrogens with zero attached hydrogens (tertiary/aromatic N) is 3. The Balaban J connectivity index is 1.37. The Morgan fingerprint density at radius 2 is 1.94 bits per heavy atom. The van der Waals surface area contributed by atoms with E-state index in [1.165, 1.54) is 6.26 Å². The average Bonchev–Trinajstić information content (AvgIpc) is 3.56. The summed E-state index contributed by atoms with van der Waals surface area (Å²) in [6.45, 7) is 2.69. The maximum atomic E-state index is 13.4. The number of hydrogen-bond donors (Lipinski definition) is 0. The molecule has 1 unspecified atom stereocenters. The number of fused-ring (bicyclic) bond motifs is 1. The molecular formula is C26H23N3O5. The maximum absolute atomic E-state index is 13.4. The molecule has 8 nitrogen and oxygen atoms in total. The molecule has 8 heteroatoms. The van der Waals surface area contributed by atoms with Gasteiger partial charge in [0.1, 0.15) is 6.10 Å². The second kappa shape index (κ2) is 9.35. The molecule has 1 amide bonds. The molecule has 172 valence electrons. The summed E-state index contributed by atoms with van der Waals surface area (Å²) in [7, 11) is 0. The number of cyclic esters (lactones) is 1. The first kappa shape index (κ1) is 21.6. The lowest BCUT2D eigenvalue weighted by Gasteiger charge is -2.26. The van der Waals surface area contributed by atoms with E-state index in [2.05, 4.69) is 10.2 Å². The molecule has 0 fully saturated rings. The molecule has 34 heavy (non-hydrogen) atoms. The van der Waals surface area contributed by atoms with Crippen molar-refractivity contribution in [1.29, 1.82) is 0 Å². The number of ether oxygens (including phenoxy) is 1. The Labute approximate surface area is 196 Å². The Bertz CT molecular complexity index is 1300. The van der Waals surface area contributed by atoms with Crippen LogP contribution in [0.25, 0.3) is 11.7 Å². The zero-order valence-corrected chi connectivity index (χ0v) is 18.6. The first-order valence-corrected chi connectivity index (χ1v) is 11.2. The molecule has 2 aromatic carbocycles. The third kappa shape index (κ3) is 4.34. The van der Waals surface area contributed by atoms with Crippen LogP contribution in [0, 0.1) is 0 Å². The van der Waals surface area contributed by atoms with Gasteiger partial charge in [0, 0.05) is 18.5 Å². The van der Waals surface area contributed by atoms with Crippen molar-refractivity contribution in [3.63, 3.8) is 0 Å². The molecule has 1 aliphatic heterocycles. The highest BCUT2D eigenvalue weighted by Crippen LogP contribution is 2.31. The van der Waals surface area contributed by atoms with Gasteiger partial charge < -0.3 is 18.5 Å². The van der Waals surface area contributed by atoms with Crippen LogP contribution in [0.15, 0.2) is 75.8 Å². The highest BCUT2D eigenvalue weighted by molar-refractivity contribution is 5.97. The topological polar surface area (TPSA) is 98.7 Å². The largest absolute Gasteiger partial charge is 0.459 e. The van der Waals surface area contributed by atoms with E-state index in [1.54, 1.807) is 35.2 Å². The van der Waals surface area contributed by atoms with Gasteiger partial charge in [-0.3, -0.25) is 4.79 Å². The second-order valence-electron chi connectivity index (χ2n) is 8.09. The lowest BCUT2D eigenvalue weighted by atomic mass is 9.93. The average molecular weight is 457 g/mol. The summed E-state index contributed by atoms with van der Waals surface area (Å²) < 4.78 is 16.6. The van der Waals surface area contributed by atoms with E-state index < -0.39 is 0 Å². The molecule has 0 aliphatic carbocycles. The molecule has 0 radical (unpaired) electrons. The number of aromatic nitrogens is 2. The first-order valence-electron chi connectivity index (χ1n) is 11.2. The van der Waals surface area contributed by atoms with E-state index in [1.807, 2.05) is 37.3 Å². The molecular weight excluding hydrogens is 434 g/mol. The third-order valence-electron chi connectivity index (χ3n) is 5.70. The zero-order valence-electron chi connectivity index (χ0n) is 18.6. The maximum Gasteiger partial charge on any atom is 0.339 e. The Kier molecular flexibility index (Phi) is 5.95. The Hall–Kier alpha value is -4.20. The van der Waals surface area contributed by atoms with Crippen LogP contribution in [-0.4, -0.2) is 33.5 Å². The van der Waals surface area contributed by atoms with Gasteiger partial charge in [-0.1, -0.05) is 37.3 Å². The summed E-state index contributed by atoms with van der Waals surface area (Å²) in [6.07, 6.45) is 2.42. The normalized spacial score (nSPS) is 15.0. The van der Waals surface area contributed by atoms with Gasteiger partial charge in [0.25, 0.3) is 11.8 Å². The van der Waals surface area contributed by atoms with Crippen LogP contribution in [0.5, 0.6) is 0 Å². The van der Waals surface area contributed by atoms with E-state index in [4.69, 9.17) is 13.6 Å². The lowest BCUT2D eigenvalue weighted by molar-refractivity contribution is 0.0252. The number of hydrogen-bond acceptors (Lipinski definition) is 7. The molecule has 1 atom stereocenters. The number of carbonyl (C=O) groups is 2. The number of rotatable bonds is 7. The molecule has 0 saturated carbocycles. The number of amides is 1. The van der Waals surface area contributed by atoms with Crippen molar-refractivity contribution in [3.05, 3.63) is 95.1 Å². The van der Waals surface area contributed by atoms with Crippen LogP contribution < -0.4 is 0 Å². The molecule has 2 aromatic heterocycles. The molecule has 4 aromatic rings. The number of benzene rings is 2. The van der Waals surface area contributed by atoms with Gasteiger partial charge in [-0.15, -0.1) is 10.2 Å². The fourth-order valence-electron chi connectivity index (χ4n) is 4.07. The SMILES string of the molecule is CCCN(Cc1nnc(-c2ccco2)o1)C(=O)c1ccc2c(c1)CC(c1ccccc1)OC2=O. The van der Waals surface area contributed by atoms with Crippen LogP contribution in [0.2, 0.25) is 0 Å². The highest BCUT2D eigenvalue weighted by Gasteiger charge is 2.29. The summed E-state index contributed by atoms with van der Waals surface area (Å²) in [5.74, 6) is 0.511. The summed E-state index contributed by atoms with van der Waals surface area (Å²) in [5.41, 5.74) is 2.71. The van der Waals surface area contributed by atoms with Crippen LogP contribution in [-0.2, 0) is 17.7 Å². The van der Waals surface area contributed by atoms with Crippen molar-refractivity contribution >= 4 is 11.9 Å². The number of carbonyl (C=O) groups excluding carboxylic acids is 2. The quantitative estimate of drug-likeness (QED) is 0.366. The van der Waals surface area contributed by atoms with Crippen LogP contribution in [0.1, 0.15) is 57.2 Å². The number of esters is 1. The fraction of sp³-hybridized carbons (Fsp3) is 0.231. The van der Waals surface area contributed by atoms with Crippen LogP contribution in [0.3, 0.4) is 0 Å². The van der Waals surface area contributed by atoms with Crippen molar-refractivity contribution in [2.24, 2.45) is 0 Å². The van der Waals surface area contributed by atoms with Gasteiger partial charge in [-0.05, 0) is 47.9 Å². The van der Waals surface area contributed by atoms with E-state index in [-0.39, 0.29) is 30.4 Å². The Morgan fingerprint density at radius 3 is 2.71 bits per heavy atom. The van der Waals surface area contributed by atoms with E-state index in [9.17, 15) is 9.59 Å². The summed E-state index contributed by atoms with van der Waals surface area (Å²) in [4.78, 5) is 27.6. The summed E-state index contributed by atoms with van der Waals surface area (Å²) in [5, 5.41) is 8.07. The summed E-state index contributed by atoms with van der Waals surface area (Å²) >= 11 is 0. The predicted molar refractivity (Wildman–Crippen MR) is 122 cm³/mol. The minimum absolute atomic E-state index is 0.169. The monoisotopic (exact) mass is 457 g/mol. The number of furan rings is 1. The van der Waals surface area contributed by atoms with E-state index in [0.29, 0.717) is 35.7 Å². The van der Waals surface area contributed by atoms with Gasteiger partial charge in [-0.2, -0.15) is 0 Å². The van der Waals surface area contributed by atoms with E-state index >= 15 is 0 Å². The van der Waals surface area contributed by atoms with Gasteiger partial charge in [0.2, 0.25) is 5.89 Å². The fourth-order valence-corrected chi connectivity index (χ4v) is 4.07. The third-order valence-corrected chi connectivity index (χ3v) is 5.70. The molecule has 1 aliphatic rings.